The van der Waals surface area contributed by atoms with Crippen LogP contribution in [0, 0.1) is 5.95 Å². The molecular weight excluding hydrogens is 509 g/mol. The fraction of sp³-hybridized carbons (Fsp3) is 0.517. The van der Waals surface area contributed by atoms with Gasteiger partial charge in [-0.05, 0) is 55.6 Å². The fourth-order valence-electron chi connectivity index (χ4n) is 5.72. The molecule has 10 heteroatoms. The minimum Gasteiger partial charge on any atom is -0.412 e. The molecule has 4 aromatic rings. The Morgan fingerprint density at radius 3 is 2.51 bits per heavy atom. The van der Waals surface area contributed by atoms with Gasteiger partial charge in [0.1, 0.15) is 17.0 Å². The van der Waals surface area contributed by atoms with E-state index < -0.39 is 14.3 Å². The molecule has 2 aliphatic rings. The summed E-state index contributed by atoms with van der Waals surface area (Å²) in [6.45, 7) is 13.3. The van der Waals surface area contributed by atoms with Gasteiger partial charge in [-0.1, -0.05) is 33.6 Å². The zero-order valence-corrected chi connectivity index (χ0v) is 24.5. The Morgan fingerprint density at radius 1 is 1.00 bits per heavy atom. The average molecular weight is 548 g/mol. The molecule has 4 aromatic heterocycles. The van der Waals surface area contributed by atoms with Crippen molar-refractivity contribution in [1.29, 1.82) is 0 Å². The number of halogens is 1. The third kappa shape index (κ3) is 4.88. The molecule has 1 saturated carbocycles. The summed E-state index contributed by atoms with van der Waals surface area (Å²) in [6.07, 6.45) is 10.8. The molecule has 1 atom stereocenters. The maximum Gasteiger partial charge on any atom is 0.237 e. The molecule has 0 aromatic carbocycles. The van der Waals surface area contributed by atoms with Gasteiger partial charge in [0.2, 0.25) is 11.9 Å². The third-order valence-electron chi connectivity index (χ3n) is 8.86. The molecule has 0 unspecified atom stereocenters. The molecule has 206 valence electrons. The molecule has 0 amide bonds. The number of hydrogen-bond donors (Lipinski definition) is 1. The topological polar surface area (TPSA) is 81.0 Å². The number of pyridine rings is 2. The lowest BCUT2D eigenvalue weighted by Crippen LogP contribution is -2.44. The number of rotatable bonds is 6. The maximum absolute atomic E-state index is 14.9. The van der Waals surface area contributed by atoms with E-state index >= 15 is 0 Å². The summed E-state index contributed by atoms with van der Waals surface area (Å²) in [4.78, 5) is 20.3. The lowest BCUT2D eigenvalue weighted by atomic mass is 10.2. The van der Waals surface area contributed by atoms with Crippen LogP contribution in [-0.4, -0.2) is 52.0 Å². The lowest BCUT2D eigenvalue weighted by Gasteiger charge is -2.38. The first-order chi connectivity index (χ1) is 18.6. The Labute approximate surface area is 230 Å². The van der Waals surface area contributed by atoms with Crippen LogP contribution in [0.15, 0.2) is 36.8 Å². The van der Waals surface area contributed by atoms with Crippen LogP contribution in [0.25, 0.3) is 21.9 Å². The average Bonchev–Trinajstić information content (AvgIpc) is 3.63. The number of nitrogens with one attached hydrogen (secondary N) is 1. The molecule has 1 aliphatic heterocycles. The Kier molecular flexibility index (Phi) is 6.58. The predicted molar refractivity (Wildman–Crippen MR) is 157 cm³/mol. The number of hydrogen-bond acceptors (Lipinski definition) is 7. The van der Waals surface area contributed by atoms with Crippen molar-refractivity contribution >= 4 is 47.7 Å². The molecular formula is C29H38FN7OSi. The first kappa shape index (κ1) is 26.1. The zero-order chi connectivity index (χ0) is 27.4. The van der Waals surface area contributed by atoms with E-state index in [1.54, 1.807) is 6.20 Å². The highest BCUT2D eigenvalue weighted by atomic mass is 28.4. The van der Waals surface area contributed by atoms with E-state index in [0.717, 1.165) is 67.3 Å². The van der Waals surface area contributed by atoms with Crippen molar-refractivity contribution in [2.45, 2.75) is 83.2 Å². The molecule has 0 radical (unpaired) electrons. The van der Waals surface area contributed by atoms with E-state index in [9.17, 15) is 4.39 Å². The van der Waals surface area contributed by atoms with Gasteiger partial charge in [-0.3, -0.25) is 0 Å². The van der Waals surface area contributed by atoms with Crippen molar-refractivity contribution in [2.75, 3.05) is 23.3 Å². The van der Waals surface area contributed by atoms with Crippen molar-refractivity contribution in [2.24, 2.45) is 0 Å². The van der Waals surface area contributed by atoms with Gasteiger partial charge in [0.25, 0.3) is 0 Å². The smallest absolute Gasteiger partial charge is 0.237 e. The van der Waals surface area contributed by atoms with E-state index in [0.29, 0.717) is 17.3 Å². The van der Waals surface area contributed by atoms with E-state index in [1.807, 2.05) is 22.9 Å². The Bertz CT molecular complexity index is 1490. The minimum absolute atomic E-state index is 0.205. The monoisotopic (exact) mass is 547 g/mol. The highest BCUT2D eigenvalue weighted by Gasteiger charge is 2.40. The van der Waals surface area contributed by atoms with Crippen LogP contribution < -0.4 is 10.2 Å². The second-order valence-corrected chi connectivity index (χ2v) is 17.3. The van der Waals surface area contributed by atoms with Crippen LogP contribution in [0.5, 0.6) is 0 Å². The Hall–Kier alpha value is -3.11. The van der Waals surface area contributed by atoms with Crippen LogP contribution in [0.4, 0.5) is 21.8 Å². The van der Waals surface area contributed by atoms with Gasteiger partial charge in [-0.15, -0.1) is 0 Å². The Balaban J connectivity index is 1.20. The molecule has 8 nitrogen and oxygen atoms in total. The van der Waals surface area contributed by atoms with Crippen molar-refractivity contribution in [3.05, 3.63) is 42.7 Å². The van der Waals surface area contributed by atoms with Gasteiger partial charge in [-0.25, -0.2) is 15.0 Å². The zero-order valence-electron chi connectivity index (χ0n) is 23.5. The van der Waals surface area contributed by atoms with E-state index in [4.69, 9.17) is 9.41 Å². The Morgan fingerprint density at radius 2 is 1.79 bits per heavy atom. The molecule has 0 spiro atoms. The standard InChI is InChI=1S/C29H38FN7OSi/c1-29(2,3)39(4,5)38-21-13-15-36(18-21)20-10-11-24(32-16-20)34-28-33-17-23-22-12-14-31-26(30)25(22)37(27(23)35-28)19-8-6-7-9-19/h10-12,14,16-17,19,21H,6-9,13,15,18H2,1-5H3,(H,32,33,34,35)/t21-/m0/s1. The van der Waals surface area contributed by atoms with Crippen LogP contribution in [0.1, 0.15) is 58.9 Å². The van der Waals surface area contributed by atoms with Crippen LogP contribution in [-0.2, 0) is 4.43 Å². The lowest BCUT2D eigenvalue weighted by molar-refractivity contribution is 0.202. The van der Waals surface area contributed by atoms with E-state index in [-0.39, 0.29) is 17.2 Å². The van der Waals surface area contributed by atoms with Crippen molar-refractivity contribution in [3.8, 4) is 0 Å². The van der Waals surface area contributed by atoms with Crippen LogP contribution in [0.2, 0.25) is 18.1 Å². The van der Waals surface area contributed by atoms with Gasteiger partial charge in [0.15, 0.2) is 8.32 Å². The summed E-state index contributed by atoms with van der Waals surface area (Å²) in [5, 5.41) is 5.11. The largest absolute Gasteiger partial charge is 0.412 e. The van der Waals surface area contributed by atoms with Crippen LogP contribution >= 0.6 is 0 Å². The number of fused-ring (bicyclic) bond motifs is 3. The highest BCUT2D eigenvalue weighted by Crippen LogP contribution is 2.40. The van der Waals surface area contributed by atoms with Gasteiger partial charge >= 0.3 is 0 Å². The molecule has 39 heavy (non-hydrogen) atoms. The van der Waals surface area contributed by atoms with Crippen molar-refractivity contribution in [1.82, 2.24) is 24.5 Å². The van der Waals surface area contributed by atoms with Gasteiger partial charge in [0.05, 0.1) is 18.0 Å². The predicted octanol–water partition coefficient (Wildman–Crippen LogP) is 6.97. The summed E-state index contributed by atoms with van der Waals surface area (Å²) < 4.78 is 23.6. The van der Waals surface area contributed by atoms with Gasteiger partial charge in [-0.2, -0.15) is 9.37 Å². The molecule has 0 bridgehead atoms. The molecule has 1 N–H and O–H groups in total. The highest BCUT2D eigenvalue weighted by molar-refractivity contribution is 6.74. The number of anilines is 3. The number of nitrogens with zero attached hydrogens (tertiary/aromatic N) is 6. The van der Waals surface area contributed by atoms with Crippen molar-refractivity contribution < 1.29 is 8.82 Å². The fourth-order valence-corrected chi connectivity index (χ4v) is 7.10. The van der Waals surface area contributed by atoms with Crippen LogP contribution in [0.3, 0.4) is 0 Å². The molecule has 1 saturated heterocycles. The van der Waals surface area contributed by atoms with Gasteiger partial charge in [0, 0.05) is 42.3 Å². The minimum atomic E-state index is -1.79. The maximum atomic E-state index is 14.9. The summed E-state index contributed by atoms with van der Waals surface area (Å²) in [7, 11) is -1.79. The number of aromatic nitrogens is 5. The van der Waals surface area contributed by atoms with E-state index in [2.05, 4.69) is 65.1 Å². The summed E-state index contributed by atoms with van der Waals surface area (Å²) in [5.41, 5.74) is 2.35. The van der Waals surface area contributed by atoms with Crippen molar-refractivity contribution in [3.63, 3.8) is 0 Å². The van der Waals surface area contributed by atoms with Gasteiger partial charge < -0.3 is 19.2 Å². The molecule has 1 aliphatic carbocycles. The second kappa shape index (κ2) is 9.82. The first-order valence-corrected chi connectivity index (χ1v) is 17.0. The quantitative estimate of drug-likeness (QED) is 0.206. The second-order valence-electron chi connectivity index (χ2n) is 12.5. The van der Waals surface area contributed by atoms with E-state index in [1.165, 1.54) is 6.20 Å². The molecule has 2 fully saturated rings. The molecule has 6 rings (SSSR count). The summed E-state index contributed by atoms with van der Waals surface area (Å²) in [6, 6.07) is 6.11. The molecule has 5 heterocycles. The summed E-state index contributed by atoms with van der Waals surface area (Å²) >= 11 is 0. The SMILES string of the molecule is CC(C)(C)[Si](C)(C)O[C@H]1CCN(c2ccc(Nc3ncc4c5ccnc(F)c5n(C5CCCC5)c4n3)nc2)C1. The normalized spacial score (nSPS) is 19.0. The first-order valence-electron chi connectivity index (χ1n) is 14.1. The summed E-state index contributed by atoms with van der Waals surface area (Å²) in [5.74, 6) is 0.660. The third-order valence-corrected chi connectivity index (χ3v) is 13.4.